The van der Waals surface area contributed by atoms with E-state index in [0.29, 0.717) is 19.0 Å². The van der Waals surface area contributed by atoms with Gasteiger partial charge in [-0.2, -0.15) is 9.97 Å². The van der Waals surface area contributed by atoms with Gasteiger partial charge >= 0.3 is 0 Å². The van der Waals surface area contributed by atoms with Crippen LogP contribution in [0.5, 0.6) is 0 Å². The third kappa shape index (κ3) is 7.10. The van der Waals surface area contributed by atoms with Gasteiger partial charge in [0.15, 0.2) is 0 Å². The highest BCUT2D eigenvalue weighted by Crippen LogP contribution is 2.12. The molecule has 7 heteroatoms. The van der Waals surface area contributed by atoms with E-state index in [1.807, 2.05) is 20.2 Å². The first-order valence-electron chi connectivity index (χ1n) is 6.96. The lowest BCUT2D eigenvalue weighted by atomic mass is 10.4. The molecule has 7 nitrogen and oxygen atoms in total. The number of rotatable bonds is 10. The average Bonchev–Trinajstić information content (AvgIpc) is 2.39. The van der Waals surface area contributed by atoms with E-state index in [0.717, 1.165) is 31.9 Å². The van der Waals surface area contributed by atoms with Crippen LogP contribution in [0.1, 0.15) is 13.3 Å². The highest BCUT2D eigenvalue weighted by atomic mass is 16.5. The van der Waals surface area contributed by atoms with Crippen molar-refractivity contribution in [1.29, 1.82) is 0 Å². The summed E-state index contributed by atoms with van der Waals surface area (Å²) in [5.74, 6) is 1.73. The first kappa shape index (κ1) is 16.5. The normalized spacial score (nSPS) is 10.8. The molecule has 0 atom stereocenters. The molecule has 0 aliphatic rings. The number of nitrogens with two attached hydrogens (primary N) is 1. The average molecular weight is 282 g/mol. The number of nitrogens with one attached hydrogen (secondary N) is 2. The van der Waals surface area contributed by atoms with Gasteiger partial charge in [0.1, 0.15) is 11.6 Å². The summed E-state index contributed by atoms with van der Waals surface area (Å²) >= 11 is 0. The fraction of sp³-hybridized carbons (Fsp3) is 0.692. The van der Waals surface area contributed by atoms with E-state index in [1.165, 1.54) is 0 Å². The van der Waals surface area contributed by atoms with E-state index in [2.05, 4.69) is 32.4 Å². The van der Waals surface area contributed by atoms with Crippen LogP contribution >= 0.6 is 0 Å². The summed E-state index contributed by atoms with van der Waals surface area (Å²) in [6.45, 7) is 5.94. The van der Waals surface area contributed by atoms with Crippen LogP contribution in [0.15, 0.2) is 6.07 Å². The van der Waals surface area contributed by atoms with Gasteiger partial charge in [0.25, 0.3) is 0 Å². The third-order valence-electron chi connectivity index (χ3n) is 2.53. The minimum atomic E-state index is 0.266. The zero-order valence-electron chi connectivity index (χ0n) is 12.6. The van der Waals surface area contributed by atoms with E-state index < -0.39 is 0 Å². The van der Waals surface area contributed by atoms with Crippen LogP contribution in [0.2, 0.25) is 0 Å². The van der Waals surface area contributed by atoms with Gasteiger partial charge in [-0.3, -0.25) is 0 Å². The van der Waals surface area contributed by atoms with E-state index in [-0.39, 0.29) is 5.95 Å². The number of hydrogen-bond donors (Lipinski definition) is 3. The molecular weight excluding hydrogens is 256 g/mol. The minimum Gasteiger partial charge on any atom is -0.378 e. The SMILES string of the molecule is CCCNc1cc(NCCOCCN(C)C)nc(N)n1. The highest BCUT2D eigenvalue weighted by molar-refractivity contribution is 5.50. The van der Waals surface area contributed by atoms with Crippen molar-refractivity contribution in [3.05, 3.63) is 6.07 Å². The molecule has 0 amide bonds. The molecule has 0 aromatic carbocycles. The molecule has 0 fully saturated rings. The van der Waals surface area contributed by atoms with Crippen molar-refractivity contribution < 1.29 is 4.74 Å². The monoisotopic (exact) mass is 282 g/mol. The molecule has 1 aromatic rings. The quantitative estimate of drug-likeness (QED) is 0.549. The van der Waals surface area contributed by atoms with E-state index >= 15 is 0 Å². The summed E-state index contributed by atoms with van der Waals surface area (Å²) in [6, 6.07) is 1.85. The highest BCUT2D eigenvalue weighted by Gasteiger charge is 2.01. The Morgan fingerprint density at radius 1 is 1.15 bits per heavy atom. The smallest absolute Gasteiger partial charge is 0.223 e. The summed E-state index contributed by atoms with van der Waals surface area (Å²) < 4.78 is 5.50. The van der Waals surface area contributed by atoms with E-state index in [9.17, 15) is 0 Å². The Labute approximate surface area is 120 Å². The lowest BCUT2D eigenvalue weighted by molar-refractivity contribution is 0.126. The first-order chi connectivity index (χ1) is 9.61. The predicted molar refractivity (Wildman–Crippen MR) is 83.1 cm³/mol. The Bertz CT molecular complexity index is 385. The van der Waals surface area contributed by atoms with Crippen molar-refractivity contribution in [3.8, 4) is 0 Å². The summed E-state index contributed by atoms with van der Waals surface area (Å²) in [6.07, 6.45) is 1.03. The van der Waals surface area contributed by atoms with Gasteiger partial charge in [-0.05, 0) is 20.5 Å². The van der Waals surface area contributed by atoms with Crippen LogP contribution in [0.25, 0.3) is 0 Å². The Morgan fingerprint density at radius 3 is 2.40 bits per heavy atom. The molecule has 0 bridgehead atoms. The maximum Gasteiger partial charge on any atom is 0.223 e. The van der Waals surface area contributed by atoms with Crippen LogP contribution in [-0.4, -0.2) is 61.8 Å². The number of likely N-dealkylation sites (N-methyl/N-ethyl adjacent to an activating group) is 1. The standard InChI is InChI=1S/C13H26N6O/c1-4-5-15-11-10-12(18-13(14)17-11)16-6-8-20-9-7-19(2)3/h10H,4-9H2,1-3H3,(H4,14,15,16,17,18). The van der Waals surface area contributed by atoms with Gasteiger partial charge in [-0.15, -0.1) is 0 Å². The van der Waals surface area contributed by atoms with Crippen LogP contribution in [-0.2, 0) is 4.74 Å². The molecule has 1 rings (SSSR count). The lowest BCUT2D eigenvalue weighted by Gasteiger charge is -2.11. The zero-order valence-corrected chi connectivity index (χ0v) is 12.6. The second-order valence-corrected chi connectivity index (χ2v) is 4.77. The van der Waals surface area contributed by atoms with Crippen molar-refractivity contribution >= 4 is 17.6 Å². The molecule has 0 radical (unpaired) electrons. The molecular formula is C13H26N6O. The second kappa shape index (κ2) is 9.33. The third-order valence-corrected chi connectivity index (χ3v) is 2.53. The number of nitrogen functional groups attached to an aromatic ring is 1. The van der Waals surface area contributed by atoms with Crippen LogP contribution < -0.4 is 16.4 Å². The fourth-order valence-corrected chi connectivity index (χ4v) is 1.50. The maximum absolute atomic E-state index is 5.68. The molecule has 1 aromatic heterocycles. The van der Waals surface area contributed by atoms with Crippen LogP contribution in [0, 0.1) is 0 Å². The summed E-state index contributed by atoms with van der Waals surface area (Å²) in [7, 11) is 4.05. The Hall–Kier alpha value is -1.60. The van der Waals surface area contributed by atoms with Crippen molar-refractivity contribution in [3.63, 3.8) is 0 Å². The number of hydrogen-bond acceptors (Lipinski definition) is 7. The molecule has 20 heavy (non-hydrogen) atoms. The molecule has 0 spiro atoms. The fourth-order valence-electron chi connectivity index (χ4n) is 1.50. The zero-order chi connectivity index (χ0) is 14.8. The Morgan fingerprint density at radius 2 is 1.80 bits per heavy atom. The second-order valence-electron chi connectivity index (χ2n) is 4.77. The molecule has 0 saturated heterocycles. The molecule has 0 unspecified atom stereocenters. The van der Waals surface area contributed by atoms with E-state index in [4.69, 9.17) is 10.5 Å². The summed E-state index contributed by atoms with van der Waals surface area (Å²) in [5.41, 5.74) is 5.68. The van der Waals surface area contributed by atoms with Crippen LogP contribution in [0.4, 0.5) is 17.6 Å². The lowest BCUT2D eigenvalue weighted by Crippen LogP contribution is -2.20. The topological polar surface area (TPSA) is 88.3 Å². The molecule has 1 heterocycles. The number of anilines is 3. The first-order valence-corrected chi connectivity index (χ1v) is 6.96. The molecule has 0 aliphatic carbocycles. The van der Waals surface area contributed by atoms with Gasteiger partial charge < -0.3 is 26.0 Å². The molecule has 114 valence electrons. The van der Waals surface area contributed by atoms with Gasteiger partial charge in [-0.25, -0.2) is 0 Å². The van der Waals surface area contributed by atoms with Crippen LogP contribution in [0.3, 0.4) is 0 Å². The van der Waals surface area contributed by atoms with Crippen molar-refractivity contribution in [2.45, 2.75) is 13.3 Å². The number of aromatic nitrogens is 2. The molecule has 0 aliphatic heterocycles. The van der Waals surface area contributed by atoms with Gasteiger partial charge in [0, 0.05) is 25.7 Å². The van der Waals surface area contributed by atoms with Gasteiger partial charge in [0.05, 0.1) is 13.2 Å². The summed E-state index contributed by atoms with van der Waals surface area (Å²) in [4.78, 5) is 10.4. The Balaban J connectivity index is 2.30. The molecule has 0 saturated carbocycles. The van der Waals surface area contributed by atoms with E-state index in [1.54, 1.807) is 0 Å². The molecule has 4 N–H and O–H groups in total. The van der Waals surface area contributed by atoms with Gasteiger partial charge in [0.2, 0.25) is 5.95 Å². The number of ether oxygens (including phenoxy) is 1. The van der Waals surface area contributed by atoms with Crippen molar-refractivity contribution in [2.24, 2.45) is 0 Å². The minimum absolute atomic E-state index is 0.266. The number of nitrogens with zero attached hydrogens (tertiary/aromatic N) is 3. The summed E-state index contributed by atoms with van der Waals surface area (Å²) in [5, 5.41) is 6.37. The van der Waals surface area contributed by atoms with Gasteiger partial charge in [-0.1, -0.05) is 6.92 Å². The predicted octanol–water partition coefficient (Wildman–Crippen LogP) is 0.871. The Kier molecular flexibility index (Phi) is 7.67. The maximum atomic E-state index is 5.68. The van der Waals surface area contributed by atoms with Crippen molar-refractivity contribution in [1.82, 2.24) is 14.9 Å². The largest absolute Gasteiger partial charge is 0.378 e. The van der Waals surface area contributed by atoms with Crippen molar-refractivity contribution in [2.75, 3.05) is 63.3 Å².